The van der Waals surface area contributed by atoms with Crippen LogP contribution >= 0.6 is 0 Å². The summed E-state index contributed by atoms with van der Waals surface area (Å²) in [6.45, 7) is 6.52. The zero-order valence-corrected chi connectivity index (χ0v) is 14.1. The van der Waals surface area contributed by atoms with E-state index >= 15 is 0 Å². The third-order valence-electron chi connectivity index (χ3n) is 3.72. The zero-order valence-electron chi connectivity index (χ0n) is 14.1. The average molecular weight is 310 g/mol. The number of hydrogen-bond acceptors (Lipinski definition) is 3. The van der Waals surface area contributed by atoms with Gasteiger partial charge in [0.1, 0.15) is 0 Å². The molecular formula is C20H22O3. The van der Waals surface area contributed by atoms with E-state index < -0.39 is 0 Å². The summed E-state index contributed by atoms with van der Waals surface area (Å²) in [5.41, 5.74) is 3.79. The van der Waals surface area contributed by atoms with Crippen molar-refractivity contribution < 1.29 is 14.3 Å². The van der Waals surface area contributed by atoms with Crippen molar-refractivity contribution in [2.24, 2.45) is 0 Å². The fourth-order valence-electron chi connectivity index (χ4n) is 2.31. The molecule has 0 saturated heterocycles. The second kappa shape index (κ2) is 7.63. The van der Waals surface area contributed by atoms with Crippen molar-refractivity contribution in [3.8, 4) is 11.5 Å². The van der Waals surface area contributed by atoms with Crippen molar-refractivity contribution >= 4 is 11.9 Å². The predicted molar refractivity (Wildman–Crippen MR) is 93.4 cm³/mol. The van der Waals surface area contributed by atoms with Gasteiger partial charge in [0.2, 0.25) is 0 Å². The zero-order chi connectivity index (χ0) is 16.8. The van der Waals surface area contributed by atoms with Gasteiger partial charge in [-0.3, -0.25) is 4.79 Å². The molecule has 3 nitrogen and oxygen atoms in total. The van der Waals surface area contributed by atoms with Gasteiger partial charge in [-0.1, -0.05) is 24.3 Å². The van der Waals surface area contributed by atoms with Crippen LogP contribution < -0.4 is 9.47 Å². The fourth-order valence-corrected chi connectivity index (χ4v) is 2.31. The van der Waals surface area contributed by atoms with Crippen LogP contribution in [0.15, 0.2) is 42.5 Å². The largest absolute Gasteiger partial charge is 0.492 e. The Labute approximate surface area is 137 Å². The molecule has 0 N–H and O–H groups in total. The van der Waals surface area contributed by atoms with Gasteiger partial charge >= 0.3 is 0 Å². The van der Waals surface area contributed by atoms with Crippen LogP contribution in [0.25, 0.3) is 6.08 Å². The first kappa shape index (κ1) is 16.8. The Morgan fingerprint density at radius 1 is 1.13 bits per heavy atom. The van der Waals surface area contributed by atoms with E-state index in [1.165, 1.54) is 5.56 Å². The van der Waals surface area contributed by atoms with Crippen LogP contribution in [0.1, 0.15) is 34.0 Å². The lowest BCUT2D eigenvalue weighted by Gasteiger charge is -2.11. The highest BCUT2D eigenvalue weighted by Crippen LogP contribution is 2.32. The summed E-state index contributed by atoms with van der Waals surface area (Å²) in [5, 5.41) is 0. The van der Waals surface area contributed by atoms with Crippen LogP contribution in [0, 0.1) is 13.8 Å². The van der Waals surface area contributed by atoms with Crippen LogP contribution in [0.3, 0.4) is 0 Å². The molecule has 3 heteroatoms. The Kier molecular flexibility index (Phi) is 5.58. The molecule has 2 rings (SSSR count). The maximum atomic E-state index is 12.3. The lowest BCUT2D eigenvalue weighted by molar-refractivity contribution is 0.104. The summed E-state index contributed by atoms with van der Waals surface area (Å²) in [6, 6.07) is 11.4. The highest BCUT2D eigenvalue weighted by molar-refractivity contribution is 6.07. The number of hydrogen-bond donors (Lipinski definition) is 0. The number of methoxy groups -OCH3 is 1. The van der Waals surface area contributed by atoms with Gasteiger partial charge in [0.25, 0.3) is 0 Å². The number of benzene rings is 2. The van der Waals surface area contributed by atoms with Gasteiger partial charge in [-0.15, -0.1) is 0 Å². The lowest BCUT2D eigenvalue weighted by Crippen LogP contribution is -1.98. The van der Waals surface area contributed by atoms with E-state index in [0.717, 1.165) is 11.1 Å². The lowest BCUT2D eigenvalue weighted by atomic mass is 10.0. The second-order valence-corrected chi connectivity index (χ2v) is 5.31. The average Bonchev–Trinajstić information content (AvgIpc) is 2.55. The monoisotopic (exact) mass is 310 g/mol. The molecule has 2 aromatic rings. The standard InChI is InChI=1S/C20H22O3/c1-5-23-19-8-6-7-16(20(19)22-4)11-12-18(21)17-10-9-14(2)15(3)13-17/h6-13H,5H2,1-4H3/b12-11+. The predicted octanol–water partition coefficient (Wildman–Crippen LogP) is 4.61. The minimum atomic E-state index is -0.0306. The molecule has 0 heterocycles. The number of carbonyl (C=O) groups excluding carboxylic acids is 1. The van der Waals surface area contributed by atoms with E-state index in [0.29, 0.717) is 23.7 Å². The molecule has 0 amide bonds. The molecule has 2 aromatic carbocycles. The molecule has 0 unspecified atom stereocenters. The van der Waals surface area contributed by atoms with Gasteiger partial charge < -0.3 is 9.47 Å². The minimum Gasteiger partial charge on any atom is -0.492 e. The van der Waals surface area contributed by atoms with E-state index in [9.17, 15) is 4.79 Å². The highest BCUT2D eigenvalue weighted by Gasteiger charge is 2.09. The second-order valence-electron chi connectivity index (χ2n) is 5.31. The Balaban J connectivity index is 2.27. The van der Waals surface area contributed by atoms with Crippen molar-refractivity contribution in [2.75, 3.05) is 13.7 Å². The molecule has 0 bridgehead atoms. The summed E-state index contributed by atoms with van der Waals surface area (Å²) in [4.78, 5) is 12.3. The van der Waals surface area contributed by atoms with Crippen LogP contribution in [-0.4, -0.2) is 19.5 Å². The SMILES string of the molecule is CCOc1cccc(/C=C/C(=O)c2ccc(C)c(C)c2)c1OC. The molecule has 0 atom stereocenters. The van der Waals surface area contributed by atoms with E-state index in [4.69, 9.17) is 9.47 Å². The van der Waals surface area contributed by atoms with E-state index in [1.54, 1.807) is 19.3 Å². The molecular weight excluding hydrogens is 288 g/mol. The summed E-state index contributed by atoms with van der Waals surface area (Å²) in [7, 11) is 1.60. The van der Waals surface area contributed by atoms with Gasteiger partial charge in [0, 0.05) is 11.1 Å². The first-order valence-corrected chi connectivity index (χ1v) is 7.66. The number of para-hydroxylation sites is 1. The first-order valence-electron chi connectivity index (χ1n) is 7.66. The quantitative estimate of drug-likeness (QED) is 0.577. The van der Waals surface area contributed by atoms with Crippen LogP contribution in [0.5, 0.6) is 11.5 Å². The number of rotatable bonds is 6. The summed E-state index contributed by atoms with van der Waals surface area (Å²) in [5.74, 6) is 1.28. The highest BCUT2D eigenvalue weighted by atomic mass is 16.5. The topological polar surface area (TPSA) is 35.5 Å². The smallest absolute Gasteiger partial charge is 0.185 e. The molecule has 0 aliphatic heterocycles. The van der Waals surface area contributed by atoms with E-state index in [1.807, 2.05) is 57.2 Å². The molecule has 0 radical (unpaired) electrons. The summed E-state index contributed by atoms with van der Waals surface area (Å²) >= 11 is 0. The van der Waals surface area contributed by atoms with Crippen LogP contribution in [-0.2, 0) is 0 Å². The Morgan fingerprint density at radius 2 is 1.91 bits per heavy atom. The molecule has 0 aliphatic carbocycles. The van der Waals surface area contributed by atoms with Crippen LogP contribution in [0.4, 0.5) is 0 Å². The van der Waals surface area contributed by atoms with E-state index in [-0.39, 0.29) is 5.78 Å². The van der Waals surface area contributed by atoms with Crippen molar-refractivity contribution in [1.82, 2.24) is 0 Å². The Bertz CT molecular complexity index is 730. The molecule has 0 saturated carbocycles. The molecule has 0 fully saturated rings. The first-order chi connectivity index (χ1) is 11.1. The molecule has 0 spiro atoms. The van der Waals surface area contributed by atoms with Gasteiger partial charge in [-0.05, 0) is 56.2 Å². The van der Waals surface area contributed by atoms with E-state index in [2.05, 4.69) is 0 Å². The van der Waals surface area contributed by atoms with Gasteiger partial charge in [0.15, 0.2) is 17.3 Å². The van der Waals surface area contributed by atoms with Crippen molar-refractivity contribution in [1.29, 1.82) is 0 Å². The maximum absolute atomic E-state index is 12.3. The van der Waals surface area contributed by atoms with Gasteiger partial charge in [-0.25, -0.2) is 0 Å². The van der Waals surface area contributed by atoms with Gasteiger partial charge in [-0.2, -0.15) is 0 Å². The molecule has 0 aliphatic rings. The fraction of sp³-hybridized carbons (Fsp3) is 0.250. The molecule has 23 heavy (non-hydrogen) atoms. The number of allylic oxidation sites excluding steroid dienone is 1. The van der Waals surface area contributed by atoms with Crippen molar-refractivity contribution in [3.05, 3.63) is 64.7 Å². The summed E-state index contributed by atoms with van der Waals surface area (Å²) in [6.07, 6.45) is 3.33. The molecule has 120 valence electrons. The summed E-state index contributed by atoms with van der Waals surface area (Å²) < 4.78 is 11.0. The van der Waals surface area contributed by atoms with Crippen molar-refractivity contribution in [2.45, 2.75) is 20.8 Å². The van der Waals surface area contributed by atoms with Gasteiger partial charge in [0.05, 0.1) is 13.7 Å². The third kappa shape index (κ3) is 4.01. The molecule has 0 aromatic heterocycles. The minimum absolute atomic E-state index is 0.0306. The van der Waals surface area contributed by atoms with Crippen molar-refractivity contribution in [3.63, 3.8) is 0 Å². The Hall–Kier alpha value is -2.55. The van der Waals surface area contributed by atoms with Crippen LogP contribution in [0.2, 0.25) is 0 Å². The third-order valence-corrected chi connectivity index (χ3v) is 3.72. The number of carbonyl (C=O) groups is 1. The number of ketones is 1. The number of aryl methyl sites for hydroxylation is 2. The maximum Gasteiger partial charge on any atom is 0.185 e. The normalized spacial score (nSPS) is 10.8. The Morgan fingerprint density at radius 3 is 2.57 bits per heavy atom. The number of ether oxygens (including phenoxy) is 2.